The van der Waals surface area contributed by atoms with Gasteiger partial charge >= 0.3 is 0 Å². The van der Waals surface area contributed by atoms with Gasteiger partial charge in [0, 0.05) is 14.1 Å². The number of anilines is 1. The molecule has 0 fully saturated rings. The van der Waals surface area contributed by atoms with Crippen LogP contribution in [0.2, 0.25) is 0 Å². The van der Waals surface area contributed by atoms with Gasteiger partial charge in [-0.2, -0.15) is 0 Å². The second-order valence-corrected chi connectivity index (χ2v) is 5.05. The van der Waals surface area contributed by atoms with Gasteiger partial charge in [0.25, 0.3) is 5.91 Å². The van der Waals surface area contributed by atoms with Gasteiger partial charge in [0.05, 0.1) is 11.3 Å². The van der Waals surface area contributed by atoms with Gasteiger partial charge in [-0.05, 0) is 23.6 Å². The summed E-state index contributed by atoms with van der Waals surface area (Å²) in [5, 5.41) is 0. The van der Waals surface area contributed by atoms with Gasteiger partial charge in [0.1, 0.15) is 6.54 Å². The highest BCUT2D eigenvalue weighted by molar-refractivity contribution is 6.09. The van der Waals surface area contributed by atoms with E-state index < -0.39 is 0 Å². The third-order valence-electron chi connectivity index (χ3n) is 3.37. The molecule has 18 heavy (non-hydrogen) atoms. The Balaban J connectivity index is 2.59. The van der Waals surface area contributed by atoms with Gasteiger partial charge in [-0.15, -0.1) is 0 Å². The van der Waals surface area contributed by atoms with Crippen molar-refractivity contribution >= 4 is 17.5 Å². The first-order chi connectivity index (χ1) is 8.41. The topological polar surface area (TPSA) is 40.6 Å². The van der Waals surface area contributed by atoms with Crippen LogP contribution < -0.4 is 4.90 Å². The molecule has 1 aliphatic heterocycles. The molecule has 0 aliphatic carbocycles. The largest absolute Gasteiger partial charge is 0.332 e. The molecule has 96 valence electrons. The van der Waals surface area contributed by atoms with Gasteiger partial charge < -0.3 is 9.80 Å². The fourth-order valence-corrected chi connectivity index (χ4v) is 2.10. The highest BCUT2D eigenvalue weighted by Gasteiger charge is 2.27. The Morgan fingerprint density at radius 3 is 2.44 bits per heavy atom. The SMILES string of the molecule is CC(C)c1ccc2c(c1)C(=O)N(C)CC(=O)N2C. The number of hydrogen-bond acceptors (Lipinski definition) is 2. The molecule has 4 heteroatoms. The number of benzene rings is 1. The first-order valence-corrected chi connectivity index (χ1v) is 6.07. The molecule has 0 N–H and O–H groups in total. The minimum atomic E-state index is -0.0924. The number of rotatable bonds is 1. The van der Waals surface area contributed by atoms with Gasteiger partial charge in [0.2, 0.25) is 5.91 Å². The van der Waals surface area contributed by atoms with E-state index in [0.29, 0.717) is 17.2 Å². The number of carbonyl (C=O) groups excluding carboxylic acids is 2. The highest BCUT2D eigenvalue weighted by atomic mass is 16.2. The number of carbonyl (C=O) groups is 2. The molecule has 0 atom stereocenters. The van der Waals surface area contributed by atoms with Gasteiger partial charge in [0.15, 0.2) is 0 Å². The van der Waals surface area contributed by atoms with E-state index in [4.69, 9.17) is 0 Å². The van der Waals surface area contributed by atoms with Crippen LogP contribution in [0.3, 0.4) is 0 Å². The van der Waals surface area contributed by atoms with E-state index in [0.717, 1.165) is 5.56 Å². The van der Waals surface area contributed by atoms with E-state index in [-0.39, 0.29) is 18.4 Å². The molecule has 0 bridgehead atoms. The van der Waals surface area contributed by atoms with Crippen molar-refractivity contribution in [1.29, 1.82) is 0 Å². The molecule has 2 rings (SSSR count). The quantitative estimate of drug-likeness (QED) is 0.759. The van der Waals surface area contributed by atoms with Crippen LogP contribution in [0.5, 0.6) is 0 Å². The number of likely N-dealkylation sites (N-methyl/N-ethyl adjacent to an activating group) is 2. The zero-order valence-corrected chi connectivity index (χ0v) is 11.2. The second kappa shape index (κ2) is 4.44. The third-order valence-corrected chi connectivity index (χ3v) is 3.37. The molecule has 0 radical (unpaired) electrons. The van der Waals surface area contributed by atoms with E-state index in [1.54, 1.807) is 19.0 Å². The number of hydrogen-bond donors (Lipinski definition) is 0. The number of fused-ring (bicyclic) bond motifs is 1. The number of nitrogens with zero attached hydrogens (tertiary/aromatic N) is 2. The van der Waals surface area contributed by atoms with Crippen LogP contribution in [0.1, 0.15) is 35.7 Å². The standard InChI is InChI=1S/C14H18N2O2/c1-9(2)10-5-6-12-11(7-10)14(18)15(3)8-13(17)16(12)4/h5-7,9H,8H2,1-4H3. The molecule has 0 aromatic heterocycles. The maximum Gasteiger partial charge on any atom is 0.256 e. The molecule has 4 nitrogen and oxygen atoms in total. The van der Waals surface area contributed by atoms with E-state index in [2.05, 4.69) is 13.8 Å². The zero-order chi connectivity index (χ0) is 13.4. The molecule has 2 amide bonds. The molecule has 0 spiro atoms. The van der Waals surface area contributed by atoms with E-state index in [9.17, 15) is 9.59 Å². The number of amides is 2. The van der Waals surface area contributed by atoms with Crippen molar-refractivity contribution in [3.63, 3.8) is 0 Å². The lowest BCUT2D eigenvalue weighted by Crippen LogP contribution is -2.35. The third kappa shape index (κ3) is 1.98. The van der Waals surface area contributed by atoms with Crippen molar-refractivity contribution in [3.8, 4) is 0 Å². The summed E-state index contributed by atoms with van der Waals surface area (Å²) in [7, 11) is 3.37. The van der Waals surface area contributed by atoms with E-state index >= 15 is 0 Å². The highest BCUT2D eigenvalue weighted by Crippen LogP contribution is 2.27. The summed E-state index contributed by atoms with van der Waals surface area (Å²) in [4.78, 5) is 27.2. The summed E-state index contributed by atoms with van der Waals surface area (Å²) < 4.78 is 0. The summed E-state index contributed by atoms with van der Waals surface area (Å²) in [6, 6.07) is 5.74. The van der Waals surface area contributed by atoms with Crippen LogP contribution in [0.15, 0.2) is 18.2 Å². The van der Waals surface area contributed by atoms with Crippen LogP contribution in [0.25, 0.3) is 0 Å². The van der Waals surface area contributed by atoms with Crippen LogP contribution in [-0.2, 0) is 4.79 Å². The first-order valence-electron chi connectivity index (χ1n) is 6.07. The average Bonchev–Trinajstić information content (AvgIpc) is 2.42. The molecule has 0 saturated carbocycles. The Bertz CT molecular complexity index is 509. The Morgan fingerprint density at radius 1 is 1.17 bits per heavy atom. The average molecular weight is 246 g/mol. The molecule has 1 aliphatic rings. The normalized spacial score (nSPS) is 16.1. The lowest BCUT2D eigenvalue weighted by atomic mass is 9.99. The Morgan fingerprint density at radius 2 is 1.83 bits per heavy atom. The van der Waals surface area contributed by atoms with Crippen molar-refractivity contribution in [2.75, 3.05) is 25.5 Å². The van der Waals surface area contributed by atoms with E-state index in [1.807, 2.05) is 18.2 Å². The van der Waals surface area contributed by atoms with Crippen molar-refractivity contribution in [3.05, 3.63) is 29.3 Å². The fourth-order valence-electron chi connectivity index (χ4n) is 2.10. The molecule has 0 saturated heterocycles. The molecule has 1 heterocycles. The van der Waals surface area contributed by atoms with Crippen LogP contribution in [0, 0.1) is 0 Å². The summed E-state index contributed by atoms with van der Waals surface area (Å²) in [5.41, 5.74) is 2.41. The predicted octanol–water partition coefficient (Wildman–Crippen LogP) is 1.86. The second-order valence-electron chi connectivity index (χ2n) is 5.05. The monoisotopic (exact) mass is 246 g/mol. The lowest BCUT2D eigenvalue weighted by molar-refractivity contribution is -0.118. The fraction of sp³-hybridized carbons (Fsp3) is 0.429. The Kier molecular flexibility index (Phi) is 3.11. The van der Waals surface area contributed by atoms with Crippen LogP contribution in [-0.4, -0.2) is 37.4 Å². The van der Waals surface area contributed by atoms with Crippen LogP contribution >= 0.6 is 0 Å². The minimum Gasteiger partial charge on any atom is -0.332 e. The van der Waals surface area contributed by atoms with Crippen molar-refractivity contribution < 1.29 is 9.59 Å². The minimum absolute atomic E-state index is 0.0677. The van der Waals surface area contributed by atoms with Crippen LogP contribution in [0.4, 0.5) is 5.69 Å². The lowest BCUT2D eigenvalue weighted by Gasteiger charge is -2.17. The maximum absolute atomic E-state index is 12.2. The first kappa shape index (κ1) is 12.6. The van der Waals surface area contributed by atoms with Gasteiger partial charge in [-0.3, -0.25) is 9.59 Å². The summed E-state index contributed by atoms with van der Waals surface area (Å²) >= 11 is 0. The predicted molar refractivity (Wildman–Crippen MR) is 70.9 cm³/mol. The summed E-state index contributed by atoms with van der Waals surface area (Å²) in [6.07, 6.45) is 0. The maximum atomic E-state index is 12.2. The smallest absolute Gasteiger partial charge is 0.256 e. The Hall–Kier alpha value is -1.84. The van der Waals surface area contributed by atoms with Crippen molar-refractivity contribution in [1.82, 2.24) is 4.90 Å². The Labute approximate surface area is 107 Å². The summed E-state index contributed by atoms with van der Waals surface area (Å²) in [6.45, 7) is 4.30. The van der Waals surface area contributed by atoms with Crippen molar-refractivity contribution in [2.24, 2.45) is 0 Å². The van der Waals surface area contributed by atoms with E-state index in [1.165, 1.54) is 4.90 Å². The molecule has 0 unspecified atom stereocenters. The van der Waals surface area contributed by atoms with Gasteiger partial charge in [-0.1, -0.05) is 19.9 Å². The summed E-state index contributed by atoms with van der Waals surface area (Å²) in [5.74, 6) is 0.199. The molecular weight excluding hydrogens is 228 g/mol. The zero-order valence-electron chi connectivity index (χ0n) is 11.2. The van der Waals surface area contributed by atoms with Crippen molar-refractivity contribution in [2.45, 2.75) is 19.8 Å². The van der Waals surface area contributed by atoms with Gasteiger partial charge in [-0.25, -0.2) is 0 Å². The molecule has 1 aromatic rings. The molecular formula is C14H18N2O2. The molecule has 1 aromatic carbocycles.